The van der Waals surface area contributed by atoms with E-state index < -0.39 is 0 Å². The Morgan fingerprint density at radius 1 is 0.750 bits per heavy atom. The summed E-state index contributed by atoms with van der Waals surface area (Å²) < 4.78 is 0. The molecule has 0 spiro atoms. The topological polar surface area (TPSA) is 17.1 Å². The van der Waals surface area contributed by atoms with Gasteiger partial charge in [-0.2, -0.15) is 0 Å². The summed E-state index contributed by atoms with van der Waals surface area (Å²) in [7, 11) is 0. The van der Waals surface area contributed by atoms with Crippen LogP contribution in [0.4, 0.5) is 0 Å². The van der Waals surface area contributed by atoms with Crippen LogP contribution in [0, 0.1) is 11.8 Å². The Hall–Kier alpha value is -0.330. The molecule has 0 N–H and O–H groups in total. The largest absolute Gasteiger partial charge is 0.300 e. The lowest BCUT2D eigenvalue weighted by molar-refractivity contribution is -0.114. The van der Waals surface area contributed by atoms with Crippen molar-refractivity contribution in [3.8, 4) is 0 Å². The number of hydrogen-bond donors (Lipinski definition) is 0. The summed E-state index contributed by atoms with van der Waals surface area (Å²) in [6.45, 7) is 16.1. The zero-order valence-corrected chi connectivity index (χ0v) is 10.1. The molecule has 0 amide bonds. The molecule has 0 rings (SSSR count). The minimum absolute atomic E-state index is 0.167. The Bertz CT molecular complexity index is 67.5. The van der Waals surface area contributed by atoms with Gasteiger partial charge in [-0.05, 0) is 25.7 Å². The fourth-order valence-electron chi connectivity index (χ4n) is 0. The van der Waals surface area contributed by atoms with Gasteiger partial charge in [-0.1, -0.05) is 41.5 Å². The van der Waals surface area contributed by atoms with Crippen molar-refractivity contribution in [3.63, 3.8) is 0 Å². The van der Waals surface area contributed by atoms with Crippen LogP contribution in [0.15, 0.2) is 0 Å². The lowest BCUT2D eigenvalue weighted by Crippen LogP contribution is -1.69. The third-order valence-electron chi connectivity index (χ3n) is 0. The van der Waals surface area contributed by atoms with E-state index in [0.29, 0.717) is 0 Å². The van der Waals surface area contributed by atoms with E-state index in [1.165, 1.54) is 13.8 Å². The van der Waals surface area contributed by atoms with Crippen LogP contribution >= 0.6 is 0 Å². The second kappa shape index (κ2) is 13.3. The molecule has 1 nitrogen and oxygen atoms in total. The van der Waals surface area contributed by atoms with Crippen molar-refractivity contribution >= 4 is 5.78 Å². The minimum atomic E-state index is 0.167. The predicted octanol–water partition coefficient (Wildman–Crippen LogP) is 3.92. The highest BCUT2D eigenvalue weighted by molar-refractivity contribution is 5.72. The van der Waals surface area contributed by atoms with Gasteiger partial charge in [-0.25, -0.2) is 0 Å². The summed E-state index contributed by atoms with van der Waals surface area (Å²) in [6.07, 6.45) is 0. The fourth-order valence-corrected chi connectivity index (χ4v) is 0. The van der Waals surface area contributed by atoms with Crippen molar-refractivity contribution in [2.24, 2.45) is 11.8 Å². The summed E-state index contributed by atoms with van der Waals surface area (Å²) in [5.74, 6) is 1.83. The number of carbonyl (C=O) groups excluding carboxylic acids is 1. The number of ketones is 1. The highest BCUT2D eigenvalue weighted by atomic mass is 16.1. The van der Waals surface area contributed by atoms with Gasteiger partial charge in [0, 0.05) is 0 Å². The second-order valence-corrected chi connectivity index (χ2v) is 4.37. The van der Waals surface area contributed by atoms with Crippen molar-refractivity contribution in [1.82, 2.24) is 0 Å². The lowest BCUT2D eigenvalue weighted by Gasteiger charge is -1.79. The van der Waals surface area contributed by atoms with Gasteiger partial charge in [0.25, 0.3) is 0 Å². The molecular weight excluding hydrogens is 148 g/mol. The Labute approximate surface area is 78.6 Å². The molecule has 0 unspecified atom stereocenters. The van der Waals surface area contributed by atoms with Crippen LogP contribution in [0.1, 0.15) is 55.4 Å². The molecule has 76 valence electrons. The van der Waals surface area contributed by atoms with Crippen molar-refractivity contribution < 1.29 is 4.79 Å². The molecule has 0 radical (unpaired) electrons. The monoisotopic (exact) mass is 174 g/mol. The molecule has 0 aromatic rings. The molecule has 0 aromatic heterocycles. The molecule has 0 aliphatic carbocycles. The third-order valence-corrected chi connectivity index (χ3v) is 0. The van der Waals surface area contributed by atoms with Gasteiger partial charge in [0.05, 0.1) is 0 Å². The molecule has 0 aliphatic rings. The molecule has 0 aromatic carbocycles. The quantitative estimate of drug-likeness (QED) is 0.544. The van der Waals surface area contributed by atoms with Gasteiger partial charge in [0.1, 0.15) is 5.78 Å². The summed E-state index contributed by atoms with van der Waals surface area (Å²) in [5, 5.41) is 0. The van der Waals surface area contributed by atoms with Crippen molar-refractivity contribution in [2.45, 2.75) is 55.4 Å². The smallest absolute Gasteiger partial charge is 0.126 e. The van der Waals surface area contributed by atoms with Gasteiger partial charge in [0.15, 0.2) is 0 Å². The van der Waals surface area contributed by atoms with Crippen molar-refractivity contribution in [1.29, 1.82) is 0 Å². The van der Waals surface area contributed by atoms with Gasteiger partial charge >= 0.3 is 0 Å². The van der Waals surface area contributed by atoms with Gasteiger partial charge in [-0.3, -0.25) is 0 Å². The van der Waals surface area contributed by atoms with Crippen LogP contribution in [-0.4, -0.2) is 5.78 Å². The van der Waals surface area contributed by atoms with Crippen molar-refractivity contribution in [2.75, 3.05) is 0 Å². The van der Waals surface area contributed by atoms with E-state index >= 15 is 0 Å². The molecule has 0 saturated heterocycles. The first-order valence-electron chi connectivity index (χ1n) is 4.67. The summed E-state index contributed by atoms with van der Waals surface area (Å²) in [5.41, 5.74) is 0. The summed E-state index contributed by atoms with van der Waals surface area (Å²) in [6, 6.07) is 0. The molecular formula is C11H26O. The summed E-state index contributed by atoms with van der Waals surface area (Å²) in [4.78, 5) is 9.44. The Morgan fingerprint density at radius 2 is 0.750 bits per heavy atom. The van der Waals surface area contributed by atoms with E-state index in [4.69, 9.17) is 0 Å². The maximum absolute atomic E-state index is 9.44. The lowest BCUT2D eigenvalue weighted by atomic mass is 10.3. The van der Waals surface area contributed by atoms with Gasteiger partial charge in [-0.15, -0.1) is 0 Å². The van der Waals surface area contributed by atoms with Gasteiger partial charge < -0.3 is 4.79 Å². The van der Waals surface area contributed by atoms with Crippen LogP contribution in [0.5, 0.6) is 0 Å². The van der Waals surface area contributed by atoms with E-state index in [0.717, 1.165) is 11.8 Å². The van der Waals surface area contributed by atoms with Crippen LogP contribution < -0.4 is 0 Å². The maximum atomic E-state index is 9.44. The van der Waals surface area contributed by atoms with Gasteiger partial charge in [0.2, 0.25) is 0 Å². The molecule has 0 atom stereocenters. The minimum Gasteiger partial charge on any atom is -0.300 e. The van der Waals surface area contributed by atoms with Crippen molar-refractivity contribution in [3.05, 3.63) is 0 Å². The van der Waals surface area contributed by atoms with E-state index in [1.54, 1.807) is 0 Å². The van der Waals surface area contributed by atoms with E-state index in [1.807, 2.05) is 0 Å². The Balaban J connectivity index is -0.000000101. The third kappa shape index (κ3) is 6670. The first-order valence-corrected chi connectivity index (χ1v) is 4.67. The second-order valence-electron chi connectivity index (χ2n) is 4.37. The molecule has 0 fully saturated rings. The molecule has 0 aliphatic heterocycles. The number of rotatable bonds is 0. The molecule has 1 heteroatoms. The molecule has 0 saturated carbocycles. The standard InChI is InChI=1S/2C4H10.C3H6O/c2*1-4(2)3;1-3(2)4/h2*4H,1-3H3;1-2H3. The first kappa shape index (κ1) is 17.7. The molecule has 0 heterocycles. The average molecular weight is 174 g/mol. The number of hydrogen-bond acceptors (Lipinski definition) is 1. The molecule has 0 bridgehead atoms. The predicted molar refractivity (Wildman–Crippen MR) is 57.4 cm³/mol. The number of carbonyl (C=O) groups is 1. The zero-order chi connectivity index (χ0) is 10.7. The zero-order valence-electron chi connectivity index (χ0n) is 10.1. The SMILES string of the molecule is CC(C)=O.CC(C)C.CC(C)C. The highest BCUT2D eigenvalue weighted by Crippen LogP contribution is 1.81. The van der Waals surface area contributed by atoms with E-state index in [9.17, 15) is 4.79 Å². The normalized spacial score (nSPS) is 8.17. The van der Waals surface area contributed by atoms with E-state index in [-0.39, 0.29) is 5.78 Å². The van der Waals surface area contributed by atoms with Crippen LogP contribution in [-0.2, 0) is 4.79 Å². The van der Waals surface area contributed by atoms with E-state index in [2.05, 4.69) is 41.5 Å². The number of Topliss-reactive ketones (excluding diaryl/α,β-unsaturated/α-hetero) is 1. The maximum Gasteiger partial charge on any atom is 0.126 e. The first-order chi connectivity index (χ1) is 5.20. The van der Waals surface area contributed by atoms with Crippen LogP contribution in [0.2, 0.25) is 0 Å². The summed E-state index contributed by atoms with van der Waals surface area (Å²) >= 11 is 0. The Kier molecular flexibility index (Phi) is 19.6. The average Bonchev–Trinajstić information content (AvgIpc) is 1.54. The highest BCUT2D eigenvalue weighted by Gasteiger charge is 1.68. The molecule has 12 heavy (non-hydrogen) atoms. The fraction of sp³-hybridized carbons (Fsp3) is 0.909. The van der Waals surface area contributed by atoms with Crippen LogP contribution in [0.25, 0.3) is 0 Å². The Morgan fingerprint density at radius 3 is 0.750 bits per heavy atom. The van der Waals surface area contributed by atoms with Crippen LogP contribution in [0.3, 0.4) is 0 Å².